The summed E-state index contributed by atoms with van der Waals surface area (Å²) in [5.74, 6) is 0.0692. The standard InChI is InChI=1S/C15H23NO3/c1-11(7-8-13(10-16)15(17)18)9-12-5-3-4-6-14(12)19-2/h3-6,11,13H,7-10,16H2,1-2H3,(H,17,18). The molecule has 1 aromatic carbocycles. The molecule has 19 heavy (non-hydrogen) atoms. The normalized spacial score (nSPS) is 13.8. The average molecular weight is 265 g/mol. The van der Waals surface area contributed by atoms with Crippen LogP contribution in [-0.2, 0) is 11.2 Å². The first-order valence-corrected chi connectivity index (χ1v) is 6.63. The predicted octanol–water partition coefficient (Wildman–Crippen LogP) is 2.31. The van der Waals surface area contributed by atoms with Crippen molar-refractivity contribution in [2.45, 2.75) is 26.2 Å². The molecule has 2 unspecified atom stereocenters. The summed E-state index contributed by atoms with van der Waals surface area (Å²) in [6, 6.07) is 7.93. The number of benzene rings is 1. The van der Waals surface area contributed by atoms with E-state index in [4.69, 9.17) is 15.6 Å². The van der Waals surface area contributed by atoms with Gasteiger partial charge in [-0.05, 0) is 36.8 Å². The number of aliphatic carboxylic acids is 1. The minimum atomic E-state index is -0.799. The van der Waals surface area contributed by atoms with E-state index in [-0.39, 0.29) is 6.54 Å². The van der Waals surface area contributed by atoms with Crippen molar-refractivity contribution >= 4 is 5.97 Å². The number of hydrogen-bond acceptors (Lipinski definition) is 3. The van der Waals surface area contributed by atoms with Gasteiger partial charge in [0.25, 0.3) is 0 Å². The largest absolute Gasteiger partial charge is 0.496 e. The van der Waals surface area contributed by atoms with Gasteiger partial charge in [0.05, 0.1) is 13.0 Å². The first-order chi connectivity index (χ1) is 9.08. The molecule has 0 fully saturated rings. The van der Waals surface area contributed by atoms with Gasteiger partial charge in [-0.15, -0.1) is 0 Å². The SMILES string of the molecule is COc1ccccc1CC(C)CCC(CN)C(=O)O. The third-order valence-corrected chi connectivity index (χ3v) is 3.40. The van der Waals surface area contributed by atoms with E-state index in [2.05, 4.69) is 6.92 Å². The highest BCUT2D eigenvalue weighted by atomic mass is 16.5. The molecule has 0 saturated heterocycles. The number of hydrogen-bond donors (Lipinski definition) is 2. The molecule has 0 aliphatic heterocycles. The fourth-order valence-corrected chi connectivity index (χ4v) is 2.18. The zero-order valence-corrected chi connectivity index (χ0v) is 11.6. The third-order valence-electron chi connectivity index (χ3n) is 3.40. The molecule has 1 rings (SSSR count). The maximum atomic E-state index is 10.9. The van der Waals surface area contributed by atoms with Gasteiger partial charge in [0.1, 0.15) is 5.75 Å². The van der Waals surface area contributed by atoms with Crippen molar-refractivity contribution in [2.75, 3.05) is 13.7 Å². The van der Waals surface area contributed by atoms with Gasteiger partial charge in [-0.1, -0.05) is 25.1 Å². The Bertz CT molecular complexity index is 406. The number of carboxylic acid groups (broad SMARTS) is 1. The van der Waals surface area contributed by atoms with Crippen molar-refractivity contribution in [2.24, 2.45) is 17.6 Å². The third kappa shape index (κ3) is 4.91. The van der Waals surface area contributed by atoms with Gasteiger partial charge in [-0.3, -0.25) is 4.79 Å². The van der Waals surface area contributed by atoms with Gasteiger partial charge in [0.2, 0.25) is 0 Å². The highest BCUT2D eigenvalue weighted by Gasteiger charge is 2.17. The van der Waals surface area contributed by atoms with Crippen LogP contribution in [0.3, 0.4) is 0 Å². The Morgan fingerprint density at radius 1 is 1.37 bits per heavy atom. The lowest BCUT2D eigenvalue weighted by Crippen LogP contribution is -2.23. The van der Waals surface area contributed by atoms with Crippen molar-refractivity contribution < 1.29 is 14.6 Å². The molecule has 0 heterocycles. The van der Waals surface area contributed by atoms with Crippen molar-refractivity contribution in [3.05, 3.63) is 29.8 Å². The Morgan fingerprint density at radius 3 is 2.63 bits per heavy atom. The van der Waals surface area contributed by atoms with E-state index in [0.29, 0.717) is 12.3 Å². The van der Waals surface area contributed by atoms with E-state index < -0.39 is 11.9 Å². The zero-order valence-electron chi connectivity index (χ0n) is 11.6. The van der Waals surface area contributed by atoms with Gasteiger partial charge in [-0.25, -0.2) is 0 Å². The summed E-state index contributed by atoms with van der Waals surface area (Å²) < 4.78 is 5.32. The Balaban J connectivity index is 2.51. The highest BCUT2D eigenvalue weighted by molar-refractivity contribution is 5.70. The van der Waals surface area contributed by atoms with E-state index in [9.17, 15) is 4.79 Å². The minimum absolute atomic E-state index is 0.205. The van der Waals surface area contributed by atoms with Gasteiger partial charge < -0.3 is 15.6 Å². The molecule has 4 nitrogen and oxygen atoms in total. The molecule has 0 aliphatic carbocycles. The Morgan fingerprint density at radius 2 is 2.05 bits per heavy atom. The monoisotopic (exact) mass is 265 g/mol. The lowest BCUT2D eigenvalue weighted by Gasteiger charge is -2.16. The van der Waals surface area contributed by atoms with Crippen LogP contribution in [0, 0.1) is 11.8 Å². The molecular weight excluding hydrogens is 242 g/mol. The first kappa shape index (κ1) is 15.5. The second kappa shape index (κ2) is 7.79. The van der Waals surface area contributed by atoms with E-state index in [1.54, 1.807) is 7.11 Å². The quantitative estimate of drug-likeness (QED) is 0.756. The summed E-state index contributed by atoms with van der Waals surface area (Å²) in [6.45, 7) is 2.33. The lowest BCUT2D eigenvalue weighted by molar-refractivity contribution is -0.141. The van der Waals surface area contributed by atoms with E-state index >= 15 is 0 Å². The van der Waals surface area contributed by atoms with Gasteiger partial charge in [-0.2, -0.15) is 0 Å². The van der Waals surface area contributed by atoms with E-state index in [1.165, 1.54) is 0 Å². The van der Waals surface area contributed by atoms with Crippen LogP contribution in [0.1, 0.15) is 25.3 Å². The minimum Gasteiger partial charge on any atom is -0.496 e. The number of rotatable bonds is 8. The smallest absolute Gasteiger partial charge is 0.307 e. The molecule has 106 valence electrons. The van der Waals surface area contributed by atoms with Crippen LogP contribution in [0.2, 0.25) is 0 Å². The Kier molecular flexibility index (Phi) is 6.36. The van der Waals surface area contributed by atoms with E-state index in [1.807, 2.05) is 24.3 Å². The number of carboxylic acids is 1. The van der Waals surface area contributed by atoms with Crippen LogP contribution in [0.15, 0.2) is 24.3 Å². The summed E-state index contributed by atoms with van der Waals surface area (Å²) in [4.78, 5) is 10.9. The predicted molar refractivity (Wildman–Crippen MR) is 75.3 cm³/mol. The summed E-state index contributed by atoms with van der Waals surface area (Å²) in [5.41, 5.74) is 6.62. The molecule has 0 aromatic heterocycles. The molecule has 0 aliphatic rings. The number of carbonyl (C=O) groups is 1. The molecule has 4 heteroatoms. The topological polar surface area (TPSA) is 72.5 Å². The maximum absolute atomic E-state index is 10.9. The van der Waals surface area contributed by atoms with Crippen molar-refractivity contribution in [1.29, 1.82) is 0 Å². The number of ether oxygens (including phenoxy) is 1. The summed E-state index contributed by atoms with van der Waals surface area (Å²) in [6.07, 6.45) is 2.37. The molecule has 0 amide bonds. The number of methoxy groups -OCH3 is 1. The van der Waals surface area contributed by atoms with Crippen molar-refractivity contribution in [3.8, 4) is 5.75 Å². The van der Waals surface area contributed by atoms with Gasteiger partial charge in [0.15, 0.2) is 0 Å². The summed E-state index contributed by atoms with van der Waals surface area (Å²) >= 11 is 0. The molecule has 0 bridgehead atoms. The van der Waals surface area contributed by atoms with Crippen LogP contribution in [-0.4, -0.2) is 24.7 Å². The zero-order chi connectivity index (χ0) is 14.3. The average Bonchev–Trinajstić information content (AvgIpc) is 2.39. The first-order valence-electron chi connectivity index (χ1n) is 6.63. The maximum Gasteiger partial charge on any atom is 0.307 e. The van der Waals surface area contributed by atoms with Crippen LogP contribution in [0.25, 0.3) is 0 Å². The number of nitrogens with two attached hydrogens (primary N) is 1. The fraction of sp³-hybridized carbons (Fsp3) is 0.533. The molecule has 1 aromatic rings. The number of para-hydroxylation sites is 1. The Hall–Kier alpha value is -1.55. The Labute approximate surface area is 114 Å². The molecule has 0 radical (unpaired) electrons. The van der Waals surface area contributed by atoms with Crippen LogP contribution in [0.5, 0.6) is 5.75 Å². The van der Waals surface area contributed by atoms with Crippen molar-refractivity contribution in [3.63, 3.8) is 0 Å². The fourth-order valence-electron chi connectivity index (χ4n) is 2.18. The molecule has 3 N–H and O–H groups in total. The summed E-state index contributed by atoms with van der Waals surface area (Å²) in [7, 11) is 1.67. The molecule has 0 saturated carbocycles. The van der Waals surface area contributed by atoms with E-state index in [0.717, 1.165) is 24.2 Å². The van der Waals surface area contributed by atoms with Gasteiger partial charge >= 0.3 is 5.97 Å². The second-order valence-corrected chi connectivity index (χ2v) is 4.97. The lowest BCUT2D eigenvalue weighted by atomic mass is 9.92. The van der Waals surface area contributed by atoms with Crippen LogP contribution in [0.4, 0.5) is 0 Å². The van der Waals surface area contributed by atoms with Crippen LogP contribution < -0.4 is 10.5 Å². The molecule has 0 spiro atoms. The second-order valence-electron chi connectivity index (χ2n) is 4.97. The molecular formula is C15H23NO3. The van der Waals surface area contributed by atoms with Crippen LogP contribution >= 0.6 is 0 Å². The van der Waals surface area contributed by atoms with Crippen molar-refractivity contribution in [1.82, 2.24) is 0 Å². The highest BCUT2D eigenvalue weighted by Crippen LogP contribution is 2.23. The molecule has 2 atom stereocenters. The summed E-state index contributed by atoms with van der Waals surface area (Å²) in [5, 5.41) is 8.96. The van der Waals surface area contributed by atoms with Gasteiger partial charge in [0, 0.05) is 6.54 Å².